The highest BCUT2D eigenvalue weighted by Gasteiger charge is 2.24. The van der Waals surface area contributed by atoms with Gasteiger partial charge in [-0.2, -0.15) is 4.98 Å². The number of hydrogen-bond acceptors (Lipinski definition) is 7. The van der Waals surface area contributed by atoms with Crippen molar-refractivity contribution in [2.75, 3.05) is 0 Å². The van der Waals surface area contributed by atoms with Crippen molar-refractivity contribution in [2.24, 2.45) is 0 Å². The first-order valence-electron chi connectivity index (χ1n) is 8.54. The average molecular weight is 355 g/mol. The molecule has 0 radical (unpaired) electrons. The lowest BCUT2D eigenvalue weighted by molar-refractivity contribution is 0.0426. The van der Waals surface area contributed by atoms with E-state index in [4.69, 9.17) is 13.8 Å². The second-order valence-corrected chi connectivity index (χ2v) is 6.30. The van der Waals surface area contributed by atoms with Crippen LogP contribution in [0.2, 0.25) is 0 Å². The van der Waals surface area contributed by atoms with Gasteiger partial charge in [-0.05, 0) is 18.9 Å². The molecule has 0 aliphatic rings. The number of benzene rings is 1. The summed E-state index contributed by atoms with van der Waals surface area (Å²) < 4.78 is 15.7. The molecule has 2 aromatic heterocycles. The molecule has 136 valence electrons. The Morgan fingerprint density at radius 1 is 1.15 bits per heavy atom. The van der Waals surface area contributed by atoms with Crippen LogP contribution in [0.1, 0.15) is 60.0 Å². The lowest BCUT2D eigenvalue weighted by Crippen LogP contribution is -2.09. The molecule has 7 heteroatoms. The first-order chi connectivity index (χ1) is 12.5. The van der Waals surface area contributed by atoms with Gasteiger partial charge in [0.2, 0.25) is 5.82 Å². The van der Waals surface area contributed by atoms with Gasteiger partial charge in [-0.3, -0.25) is 0 Å². The number of ether oxygens (including phenoxy) is 1. The van der Waals surface area contributed by atoms with Crippen molar-refractivity contribution in [2.45, 2.75) is 46.6 Å². The lowest BCUT2D eigenvalue weighted by atomic mass is 10.1. The molecular weight excluding hydrogens is 334 g/mol. The number of aromatic nitrogens is 3. The van der Waals surface area contributed by atoms with Crippen molar-refractivity contribution < 1.29 is 18.6 Å². The fourth-order valence-electron chi connectivity index (χ4n) is 2.55. The second kappa shape index (κ2) is 7.51. The minimum absolute atomic E-state index is 0.0276. The summed E-state index contributed by atoms with van der Waals surface area (Å²) in [7, 11) is 0. The van der Waals surface area contributed by atoms with Crippen LogP contribution in [0.25, 0.3) is 11.4 Å². The van der Waals surface area contributed by atoms with Gasteiger partial charge in [-0.1, -0.05) is 55.4 Å². The van der Waals surface area contributed by atoms with E-state index in [9.17, 15) is 4.79 Å². The van der Waals surface area contributed by atoms with E-state index in [1.165, 1.54) is 5.56 Å². The molecule has 0 aliphatic heterocycles. The van der Waals surface area contributed by atoms with E-state index >= 15 is 0 Å². The molecule has 3 aromatic rings. The Morgan fingerprint density at radius 2 is 1.88 bits per heavy atom. The number of nitrogens with zero attached hydrogens (tertiary/aromatic N) is 3. The Kier molecular flexibility index (Phi) is 5.16. The molecule has 7 nitrogen and oxygen atoms in total. The summed E-state index contributed by atoms with van der Waals surface area (Å²) in [6.45, 7) is 7.53. The molecule has 2 heterocycles. The highest BCUT2D eigenvalue weighted by Crippen LogP contribution is 2.23. The summed E-state index contributed by atoms with van der Waals surface area (Å²) >= 11 is 0. The largest absolute Gasteiger partial charge is 0.452 e. The molecule has 3 rings (SSSR count). The second-order valence-electron chi connectivity index (χ2n) is 6.30. The van der Waals surface area contributed by atoms with Crippen LogP contribution < -0.4 is 0 Å². The predicted molar refractivity (Wildman–Crippen MR) is 93.6 cm³/mol. The maximum atomic E-state index is 12.4. The van der Waals surface area contributed by atoms with Crippen LogP contribution in [-0.4, -0.2) is 21.3 Å². The Hall–Kier alpha value is -2.96. The fraction of sp³-hybridized carbons (Fsp3) is 0.368. The molecule has 0 atom stereocenters. The maximum Gasteiger partial charge on any atom is 0.344 e. The van der Waals surface area contributed by atoms with Crippen LogP contribution in [0, 0.1) is 6.92 Å². The molecule has 0 bridgehead atoms. The van der Waals surface area contributed by atoms with Crippen LogP contribution in [-0.2, 0) is 17.8 Å². The topological polar surface area (TPSA) is 91.2 Å². The van der Waals surface area contributed by atoms with Gasteiger partial charge >= 0.3 is 5.97 Å². The number of aryl methyl sites for hydroxylation is 2. The van der Waals surface area contributed by atoms with E-state index in [2.05, 4.69) is 22.2 Å². The summed E-state index contributed by atoms with van der Waals surface area (Å²) in [5.74, 6) is 0.713. The number of rotatable bonds is 6. The molecule has 0 amide bonds. The smallest absolute Gasteiger partial charge is 0.344 e. The number of hydrogen-bond donors (Lipinski definition) is 0. The first kappa shape index (κ1) is 17.8. The maximum absolute atomic E-state index is 12.4. The molecule has 0 saturated carbocycles. The van der Waals surface area contributed by atoms with E-state index in [-0.39, 0.29) is 18.4 Å². The van der Waals surface area contributed by atoms with Crippen LogP contribution >= 0.6 is 0 Å². The monoisotopic (exact) mass is 355 g/mol. The van der Waals surface area contributed by atoms with E-state index in [1.54, 1.807) is 6.92 Å². The van der Waals surface area contributed by atoms with E-state index in [0.29, 0.717) is 22.8 Å². The third kappa shape index (κ3) is 3.66. The average Bonchev–Trinajstić information content (AvgIpc) is 3.26. The zero-order valence-electron chi connectivity index (χ0n) is 15.3. The molecule has 0 spiro atoms. The number of carbonyl (C=O) groups excluding carboxylic acids is 1. The highest BCUT2D eigenvalue weighted by atomic mass is 16.6. The van der Waals surface area contributed by atoms with Crippen molar-refractivity contribution in [3.05, 3.63) is 52.7 Å². The quantitative estimate of drug-likeness (QED) is 0.615. The summed E-state index contributed by atoms with van der Waals surface area (Å²) in [6, 6.07) is 7.92. The molecule has 0 aliphatic carbocycles. The standard InChI is InChI=1S/C19H21N3O4/c1-5-13-6-8-14(9-7-13)18-20-15(25-22-18)10-24-19(23)16-12(4)21-26-17(16)11(2)3/h6-9,11H,5,10H2,1-4H3. The summed E-state index contributed by atoms with van der Waals surface area (Å²) in [5.41, 5.74) is 2.94. The van der Waals surface area contributed by atoms with E-state index in [0.717, 1.165) is 12.0 Å². The SMILES string of the molecule is CCc1ccc(-c2noc(COC(=O)c3c(C)noc3C(C)C)n2)cc1. The zero-order valence-corrected chi connectivity index (χ0v) is 15.3. The Morgan fingerprint density at radius 3 is 2.54 bits per heavy atom. The van der Waals surface area contributed by atoms with E-state index in [1.807, 2.05) is 38.1 Å². The normalized spacial score (nSPS) is 11.1. The molecule has 0 saturated heterocycles. The van der Waals surface area contributed by atoms with Gasteiger partial charge in [0.15, 0.2) is 12.4 Å². The molecule has 0 unspecified atom stereocenters. The number of esters is 1. The Balaban J connectivity index is 1.68. The van der Waals surface area contributed by atoms with Crippen molar-refractivity contribution >= 4 is 5.97 Å². The van der Waals surface area contributed by atoms with Crippen LogP contribution in [0.15, 0.2) is 33.3 Å². The Bertz CT molecular complexity index is 894. The summed E-state index contributed by atoms with van der Waals surface area (Å²) in [5, 5.41) is 7.78. The minimum atomic E-state index is -0.514. The van der Waals surface area contributed by atoms with Crippen LogP contribution in [0.5, 0.6) is 0 Å². The molecule has 0 N–H and O–H groups in total. The zero-order chi connectivity index (χ0) is 18.7. The van der Waals surface area contributed by atoms with Gasteiger partial charge in [0.05, 0.1) is 5.69 Å². The van der Waals surface area contributed by atoms with Crippen LogP contribution in [0.3, 0.4) is 0 Å². The van der Waals surface area contributed by atoms with E-state index < -0.39 is 5.97 Å². The molecular formula is C19H21N3O4. The minimum Gasteiger partial charge on any atom is -0.452 e. The predicted octanol–water partition coefficient (Wildman–Crippen LogP) is 4.08. The van der Waals surface area contributed by atoms with Crippen molar-refractivity contribution in [3.8, 4) is 11.4 Å². The van der Waals surface area contributed by atoms with Crippen LogP contribution in [0.4, 0.5) is 0 Å². The lowest BCUT2D eigenvalue weighted by Gasteiger charge is -2.04. The number of carbonyl (C=O) groups is 1. The molecule has 26 heavy (non-hydrogen) atoms. The first-order valence-corrected chi connectivity index (χ1v) is 8.54. The fourth-order valence-corrected chi connectivity index (χ4v) is 2.55. The third-order valence-corrected chi connectivity index (χ3v) is 4.03. The summed E-state index contributed by atoms with van der Waals surface area (Å²) in [4.78, 5) is 16.6. The molecule has 0 fully saturated rings. The van der Waals surface area contributed by atoms with Gasteiger partial charge in [0.1, 0.15) is 5.56 Å². The van der Waals surface area contributed by atoms with Crippen molar-refractivity contribution in [3.63, 3.8) is 0 Å². The molecule has 1 aromatic carbocycles. The van der Waals surface area contributed by atoms with Gasteiger partial charge < -0.3 is 13.8 Å². The van der Waals surface area contributed by atoms with Gasteiger partial charge in [0.25, 0.3) is 5.89 Å². The third-order valence-electron chi connectivity index (χ3n) is 4.03. The summed E-state index contributed by atoms with van der Waals surface area (Å²) in [6.07, 6.45) is 0.967. The highest BCUT2D eigenvalue weighted by molar-refractivity contribution is 5.91. The van der Waals surface area contributed by atoms with Gasteiger partial charge in [-0.15, -0.1) is 0 Å². The van der Waals surface area contributed by atoms with Crippen molar-refractivity contribution in [1.29, 1.82) is 0 Å². The Labute approximate surface area is 151 Å². The van der Waals surface area contributed by atoms with Crippen molar-refractivity contribution in [1.82, 2.24) is 15.3 Å². The van der Waals surface area contributed by atoms with Gasteiger partial charge in [0, 0.05) is 11.5 Å². The van der Waals surface area contributed by atoms with Gasteiger partial charge in [-0.25, -0.2) is 4.79 Å².